The molecule has 1 aromatic carbocycles. The van der Waals surface area contributed by atoms with E-state index in [-0.39, 0.29) is 17.4 Å². The zero-order valence-electron chi connectivity index (χ0n) is 19.9. The number of aromatic nitrogens is 2. The van der Waals surface area contributed by atoms with Crippen molar-refractivity contribution >= 4 is 28.5 Å². The van der Waals surface area contributed by atoms with Crippen molar-refractivity contribution in [3.63, 3.8) is 0 Å². The summed E-state index contributed by atoms with van der Waals surface area (Å²) in [6, 6.07) is 6.19. The number of hydrogen-bond donors (Lipinski definition) is 1. The SMILES string of the molecule is CCN(CC)c1ccc(N=C2C(C)=Nn3c2nc(C(C)C)c(C(C)C)c3=O)c(NC)c1. The minimum atomic E-state index is -0.0982. The second-order valence-electron chi connectivity index (χ2n) is 8.43. The van der Waals surface area contributed by atoms with Crippen LogP contribution >= 0.6 is 0 Å². The Balaban J connectivity index is 2.17. The lowest BCUT2D eigenvalue weighted by Gasteiger charge is -2.22. The van der Waals surface area contributed by atoms with E-state index in [0.29, 0.717) is 17.2 Å². The van der Waals surface area contributed by atoms with Gasteiger partial charge in [-0.25, -0.2) is 9.98 Å². The third-order valence-corrected chi connectivity index (χ3v) is 5.66. The third-order valence-electron chi connectivity index (χ3n) is 5.66. The molecule has 0 saturated carbocycles. The lowest BCUT2D eigenvalue weighted by atomic mass is 9.96. The molecule has 31 heavy (non-hydrogen) atoms. The molecule has 2 aromatic rings. The van der Waals surface area contributed by atoms with E-state index in [1.165, 1.54) is 4.68 Å². The van der Waals surface area contributed by atoms with Crippen molar-refractivity contribution in [3.05, 3.63) is 45.6 Å². The van der Waals surface area contributed by atoms with Gasteiger partial charge in [-0.05, 0) is 50.8 Å². The Hall–Kier alpha value is -2.96. The molecule has 1 N–H and O–H groups in total. The zero-order valence-corrected chi connectivity index (χ0v) is 19.9. The van der Waals surface area contributed by atoms with Crippen molar-refractivity contribution in [2.45, 2.75) is 60.3 Å². The lowest BCUT2D eigenvalue weighted by molar-refractivity contribution is 0.685. The van der Waals surface area contributed by atoms with Gasteiger partial charge in [0.15, 0.2) is 5.82 Å². The first-order valence-corrected chi connectivity index (χ1v) is 11.1. The van der Waals surface area contributed by atoms with Crippen LogP contribution in [0, 0.1) is 0 Å². The Morgan fingerprint density at radius 3 is 2.35 bits per heavy atom. The highest BCUT2D eigenvalue weighted by Crippen LogP contribution is 2.31. The van der Waals surface area contributed by atoms with Crippen LogP contribution in [0.5, 0.6) is 0 Å². The Bertz CT molecular complexity index is 1090. The van der Waals surface area contributed by atoms with E-state index in [0.717, 1.165) is 41.4 Å². The normalized spacial score (nSPS) is 14.4. The standard InChI is InChI=1S/C24H34N6O/c1-9-29(10-2)17-11-12-18(19(13-17)25-8)26-22-16(7)28-30-23(22)27-21(15(5)6)20(14(3)4)24(30)31/h11-15,25H,9-10H2,1-8H3. The molecule has 3 rings (SSSR count). The minimum absolute atomic E-state index is 0.0789. The van der Waals surface area contributed by atoms with Crippen molar-refractivity contribution in [1.82, 2.24) is 9.66 Å². The molecule has 0 aliphatic carbocycles. The van der Waals surface area contributed by atoms with Crippen molar-refractivity contribution in [2.75, 3.05) is 30.4 Å². The van der Waals surface area contributed by atoms with Crippen LogP contribution in [0.1, 0.15) is 77.4 Å². The number of nitrogens with one attached hydrogen (secondary N) is 1. The van der Waals surface area contributed by atoms with E-state index < -0.39 is 0 Å². The van der Waals surface area contributed by atoms with E-state index in [9.17, 15) is 4.79 Å². The predicted octanol–water partition coefficient (Wildman–Crippen LogP) is 4.74. The highest BCUT2D eigenvalue weighted by atomic mass is 16.1. The molecule has 166 valence electrons. The largest absolute Gasteiger partial charge is 0.386 e. The molecule has 0 amide bonds. The second-order valence-corrected chi connectivity index (χ2v) is 8.43. The van der Waals surface area contributed by atoms with Crippen LogP contribution in [0.25, 0.3) is 0 Å². The van der Waals surface area contributed by atoms with Crippen LogP contribution in [-0.4, -0.2) is 41.2 Å². The maximum atomic E-state index is 13.2. The summed E-state index contributed by atoms with van der Waals surface area (Å²) in [5.74, 6) is 0.736. The van der Waals surface area contributed by atoms with Gasteiger partial charge in [0, 0.05) is 31.4 Å². The highest BCUT2D eigenvalue weighted by Gasteiger charge is 2.28. The molecule has 0 bridgehead atoms. The van der Waals surface area contributed by atoms with E-state index in [1.807, 2.05) is 33.9 Å². The summed E-state index contributed by atoms with van der Waals surface area (Å²) < 4.78 is 1.42. The average molecular weight is 423 g/mol. The number of rotatable bonds is 7. The van der Waals surface area contributed by atoms with Gasteiger partial charge in [0.1, 0.15) is 5.71 Å². The van der Waals surface area contributed by atoms with Gasteiger partial charge in [-0.3, -0.25) is 4.79 Å². The number of anilines is 2. The van der Waals surface area contributed by atoms with E-state index in [4.69, 9.17) is 9.98 Å². The van der Waals surface area contributed by atoms with Gasteiger partial charge in [-0.2, -0.15) is 9.78 Å². The molecule has 0 saturated heterocycles. The molecule has 1 aliphatic rings. The minimum Gasteiger partial charge on any atom is -0.386 e. The van der Waals surface area contributed by atoms with Gasteiger partial charge < -0.3 is 10.2 Å². The average Bonchev–Trinajstić information content (AvgIpc) is 3.05. The first-order chi connectivity index (χ1) is 14.7. The zero-order chi connectivity index (χ0) is 22.9. The summed E-state index contributed by atoms with van der Waals surface area (Å²) in [4.78, 5) is 25.3. The molecule has 2 heterocycles. The van der Waals surface area contributed by atoms with Crippen molar-refractivity contribution in [2.24, 2.45) is 10.1 Å². The summed E-state index contributed by atoms with van der Waals surface area (Å²) >= 11 is 0. The first kappa shape index (κ1) is 22.7. The van der Waals surface area contributed by atoms with Crippen LogP contribution < -0.4 is 15.8 Å². The highest BCUT2D eigenvalue weighted by molar-refractivity contribution is 6.48. The fraction of sp³-hybridized carbons (Fsp3) is 0.500. The molecule has 7 nitrogen and oxygen atoms in total. The van der Waals surface area contributed by atoms with Crippen LogP contribution in [-0.2, 0) is 0 Å². The molecule has 0 atom stereocenters. The molecule has 0 fully saturated rings. The lowest BCUT2D eigenvalue weighted by Crippen LogP contribution is -2.28. The van der Waals surface area contributed by atoms with Gasteiger partial charge >= 0.3 is 0 Å². The Morgan fingerprint density at radius 1 is 1.13 bits per heavy atom. The van der Waals surface area contributed by atoms with Gasteiger partial charge in [-0.15, -0.1) is 0 Å². The van der Waals surface area contributed by atoms with Crippen LogP contribution in [0.3, 0.4) is 0 Å². The number of nitrogens with zero attached hydrogens (tertiary/aromatic N) is 5. The molecular weight excluding hydrogens is 388 g/mol. The van der Waals surface area contributed by atoms with E-state index >= 15 is 0 Å². The molecule has 1 aliphatic heterocycles. The smallest absolute Gasteiger partial charge is 0.278 e. The van der Waals surface area contributed by atoms with Gasteiger partial charge in [-0.1, -0.05) is 27.7 Å². The van der Waals surface area contributed by atoms with Crippen molar-refractivity contribution in [1.29, 1.82) is 0 Å². The fourth-order valence-corrected chi connectivity index (χ4v) is 3.99. The summed E-state index contributed by atoms with van der Waals surface area (Å²) in [6.07, 6.45) is 0. The van der Waals surface area contributed by atoms with Crippen LogP contribution in [0.2, 0.25) is 0 Å². The second kappa shape index (κ2) is 9.04. The van der Waals surface area contributed by atoms with Crippen molar-refractivity contribution < 1.29 is 0 Å². The Morgan fingerprint density at radius 2 is 1.81 bits per heavy atom. The maximum Gasteiger partial charge on any atom is 0.278 e. The number of aliphatic imine (C=N–C) groups is 1. The van der Waals surface area contributed by atoms with Crippen LogP contribution in [0.15, 0.2) is 33.1 Å². The Labute approximate surface area is 184 Å². The molecular formula is C24H34N6O. The van der Waals surface area contributed by atoms with Gasteiger partial charge in [0.05, 0.1) is 22.8 Å². The predicted molar refractivity (Wildman–Crippen MR) is 131 cm³/mol. The summed E-state index contributed by atoms with van der Waals surface area (Å²) in [5, 5.41) is 7.75. The third kappa shape index (κ3) is 4.13. The van der Waals surface area contributed by atoms with Crippen molar-refractivity contribution in [3.8, 4) is 0 Å². The molecule has 0 unspecified atom stereocenters. The van der Waals surface area contributed by atoms with Crippen LogP contribution in [0.4, 0.5) is 17.1 Å². The van der Waals surface area contributed by atoms with Gasteiger partial charge in [0.2, 0.25) is 0 Å². The summed E-state index contributed by atoms with van der Waals surface area (Å²) in [7, 11) is 1.89. The first-order valence-electron chi connectivity index (χ1n) is 11.1. The topological polar surface area (TPSA) is 74.9 Å². The number of benzene rings is 1. The summed E-state index contributed by atoms with van der Waals surface area (Å²) in [5.41, 5.74) is 5.66. The molecule has 1 aromatic heterocycles. The summed E-state index contributed by atoms with van der Waals surface area (Å²) in [6.45, 7) is 16.2. The molecule has 7 heteroatoms. The Kier molecular flexibility index (Phi) is 6.62. The maximum absolute atomic E-state index is 13.2. The quantitative estimate of drug-likeness (QED) is 0.699. The van der Waals surface area contributed by atoms with Gasteiger partial charge in [0.25, 0.3) is 5.56 Å². The van der Waals surface area contributed by atoms with E-state index in [1.54, 1.807) is 0 Å². The monoisotopic (exact) mass is 422 g/mol. The number of hydrogen-bond acceptors (Lipinski definition) is 6. The number of fused-ring (bicyclic) bond motifs is 1. The molecule has 0 radical (unpaired) electrons. The van der Waals surface area contributed by atoms with E-state index in [2.05, 4.69) is 55.1 Å². The molecule has 0 spiro atoms. The fourth-order valence-electron chi connectivity index (χ4n) is 3.99.